The summed E-state index contributed by atoms with van der Waals surface area (Å²) in [5, 5.41) is 0. The van der Waals surface area contributed by atoms with E-state index in [0.717, 1.165) is 35.3 Å². The molecule has 0 spiro atoms. The highest BCUT2D eigenvalue weighted by Gasteiger charge is 2.34. The highest BCUT2D eigenvalue weighted by atomic mass is 19.4. The lowest BCUT2D eigenvalue weighted by molar-refractivity contribution is -0.141. The molecule has 1 aromatic carbocycles. The molecule has 144 valence electrons. The van der Waals surface area contributed by atoms with Gasteiger partial charge in [0.25, 0.3) is 0 Å². The molecule has 0 fully saturated rings. The first-order valence-electron chi connectivity index (χ1n) is 7.66. The minimum atomic E-state index is -4.63. The number of oxazole rings is 1. The van der Waals surface area contributed by atoms with Crippen molar-refractivity contribution < 1.29 is 30.8 Å². The van der Waals surface area contributed by atoms with Crippen LogP contribution in [0.15, 0.2) is 53.6 Å². The fourth-order valence-corrected chi connectivity index (χ4v) is 2.59. The number of imidazole rings is 1. The monoisotopic (exact) mass is 398 g/mol. The van der Waals surface area contributed by atoms with Gasteiger partial charge in [-0.15, -0.1) is 0 Å². The van der Waals surface area contributed by atoms with Gasteiger partial charge in [-0.1, -0.05) is 0 Å². The first-order valence-corrected chi connectivity index (χ1v) is 7.66. The van der Waals surface area contributed by atoms with Crippen molar-refractivity contribution >= 4 is 11.1 Å². The molecule has 0 amide bonds. The van der Waals surface area contributed by atoms with Crippen molar-refractivity contribution in [2.45, 2.75) is 12.4 Å². The van der Waals surface area contributed by atoms with Crippen molar-refractivity contribution in [1.29, 1.82) is 0 Å². The maximum Gasteiger partial charge on any atom is 0.434 e. The maximum atomic E-state index is 12.9. The largest absolute Gasteiger partial charge is 0.436 e. The second kappa shape index (κ2) is 6.08. The van der Waals surface area contributed by atoms with Crippen LogP contribution in [0.1, 0.15) is 11.3 Å². The molecule has 5 nitrogen and oxygen atoms in total. The molecule has 0 N–H and O–H groups in total. The number of pyridine rings is 1. The summed E-state index contributed by atoms with van der Waals surface area (Å²) in [7, 11) is 0. The molecule has 0 bridgehead atoms. The Morgan fingerprint density at radius 1 is 0.964 bits per heavy atom. The second-order valence-electron chi connectivity index (χ2n) is 5.76. The third-order valence-electron chi connectivity index (χ3n) is 3.90. The summed E-state index contributed by atoms with van der Waals surface area (Å²) >= 11 is 0. The van der Waals surface area contributed by atoms with E-state index in [1.165, 1.54) is 18.5 Å². The average molecular weight is 398 g/mol. The normalized spacial score (nSPS) is 12.6. The van der Waals surface area contributed by atoms with E-state index in [1.54, 1.807) is 0 Å². The van der Waals surface area contributed by atoms with Gasteiger partial charge in [0.05, 0.1) is 29.3 Å². The van der Waals surface area contributed by atoms with Crippen LogP contribution in [0.4, 0.5) is 26.3 Å². The van der Waals surface area contributed by atoms with Gasteiger partial charge in [-0.05, 0) is 24.3 Å². The van der Waals surface area contributed by atoms with E-state index < -0.39 is 23.6 Å². The van der Waals surface area contributed by atoms with Gasteiger partial charge in [0.1, 0.15) is 5.52 Å². The summed E-state index contributed by atoms with van der Waals surface area (Å²) in [5.74, 6) is -0.0611. The van der Waals surface area contributed by atoms with Gasteiger partial charge in [-0.3, -0.25) is 4.98 Å². The Balaban J connectivity index is 1.81. The van der Waals surface area contributed by atoms with E-state index in [0.29, 0.717) is 0 Å². The molecule has 3 aromatic heterocycles. The van der Waals surface area contributed by atoms with E-state index in [1.807, 2.05) is 0 Å². The molecule has 0 saturated heterocycles. The van der Waals surface area contributed by atoms with Gasteiger partial charge in [0.2, 0.25) is 5.89 Å². The third kappa shape index (κ3) is 3.19. The van der Waals surface area contributed by atoms with E-state index in [4.69, 9.17) is 4.42 Å². The second-order valence-corrected chi connectivity index (χ2v) is 5.76. The Hall–Kier alpha value is -3.37. The lowest BCUT2D eigenvalue weighted by atomic mass is 10.2. The molecule has 0 aliphatic carbocycles. The van der Waals surface area contributed by atoms with Gasteiger partial charge >= 0.3 is 12.4 Å². The van der Waals surface area contributed by atoms with Crippen LogP contribution in [0.25, 0.3) is 28.2 Å². The number of halogens is 6. The zero-order chi connectivity index (χ0) is 20.1. The summed E-state index contributed by atoms with van der Waals surface area (Å²) in [6.07, 6.45) is -4.82. The van der Waals surface area contributed by atoms with Crippen LogP contribution < -0.4 is 0 Å². The molecular formula is C17H8F6N4O. The Morgan fingerprint density at radius 3 is 2.43 bits per heavy atom. The first-order chi connectivity index (χ1) is 13.1. The maximum absolute atomic E-state index is 12.9. The molecule has 0 aliphatic heterocycles. The van der Waals surface area contributed by atoms with Crippen LogP contribution in [-0.2, 0) is 12.4 Å². The highest BCUT2D eigenvalue weighted by molar-refractivity contribution is 5.78. The molecule has 28 heavy (non-hydrogen) atoms. The van der Waals surface area contributed by atoms with Crippen LogP contribution in [-0.4, -0.2) is 19.5 Å². The van der Waals surface area contributed by atoms with Crippen LogP contribution in [0.5, 0.6) is 0 Å². The van der Waals surface area contributed by atoms with Crippen molar-refractivity contribution in [3.63, 3.8) is 0 Å². The SMILES string of the molecule is FC(F)(F)c1ccc2oc(-c3ccncc3-n3cnc(C(F)(F)F)c3)nc2c1. The van der Waals surface area contributed by atoms with Gasteiger partial charge in [0, 0.05) is 12.4 Å². The number of hydrogen-bond donors (Lipinski definition) is 0. The van der Waals surface area contributed by atoms with Gasteiger partial charge in [-0.2, -0.15) is 26.3 Å². The van der Waals surface area contributed by atoms with E-state index >= 15 is 0 Å². The molecule has 0 radical (unpaired) electrons. The lowest BCUT2D eigenvalue weighted by Gasteiger charge is -2.06. The number of aromatic nitrogens is 4. The molecule has 0 aliphatic rings. The summed E-state index contributed by atoms with van der Waals surface area (Å²) in [4.78, 5) is 11.2. The number of nitrogens with zero attached hydrogens (tertiary/aromatic N) is 4. The number of alkyl halides is 6. The topological polar surface area (TPSA) is 56.7 Å². The van der Waals surface area contributed by atoms with Crippen molar-refractivity contribution in [3.05, 3.63) is 60.4 Å². The summed E-state index contributed by atoms with van der Waals surface area (Å²) < 4.78 is 83.6. The first kappa shape index (κ1) is 18.0. The summed E-state index contributed by atoms with van der Waals surface area (Å²) in [5.41, 5.74) is -1.51. The van der Waals surface area contributed by atoms with Crippen LogP contribution in [0.2, 0.25) is 0 Å². The Morgan fingerprint density at radius 2 is 1.75 bits per heavy atom. The highest BCUT2D eigenvalue weighted by Crippen LogP contribution is 2.34. The van der Waals surface area contributed by atoms with Crippen LogP contribution >= 0.6 is 0 Å². The fourth-order valence-electron chi connectivity index (χ4n) is 2.59. The van der Waals surface area contributed by atoms with Crippen molar-refractivity contribution in [2.75, 3.05) is 0 Å². The number of rotatable bonds is 2. The van der Waals surface area contributed by atoms with Crippen molar-refractivity contribution in [2.24, 2.45) is 0 Å². The zero-order valence-corrected chi connectivity index (χ0v) is 13.6. The predicted octanol–water partition coefficient (Wildman–Crippen LogP) is 5.11. The van der Waals surface area contributed by atoms with E-state index in [-0.39, 0.29) is 28.2 Å². The zero-order valence-electron chi connectivity index (χ0n) is 13.6. The fraction of sp³-hybridized carbons (Fsp3) is 0.118. The lowest BCUT2D eigenvalue weighted by Crippen LogP contribution is -2.05. The number of hydrogen-bond acceptors (Lipinski definition) is 4. The minimum Gasteiger partial charge on any atom is -0.436 e. The molecule has 0 saturated carbocycles. The molecule has 4 rings (SSSR count). The van der Waals surface area contributed by atoms with E-state index in [2.05, 4.69) is 15.0 Å². The molecule has 0 unspecified atom stereocenters. The minimum absolute atomic E-state index is 0.0331. The van der Waals surface area contributed by atoms with Gasteiger partial charge in [0.15, 0.2) is 11.3 Å². The van der Waals surface area contributed by atoms with Crippen molar-refractivity contribution in [3.8, 4) is 17.1 Å². The Bertz CT molecular complexity index is 1160. The molecule has 3 heterocycles. The van der Waals surface area contributed by atoms with Crippen LogP contribution in [0.3, 0.4) is 0 Å². The Kier molecular flexibility index (Phi) is 3.91. The smallest absolute Gasteiger partial charge is 0.434 e. The van der Waals surface area contributed by atoms with Gasteiger partial charge < -0.3 is 8.98 Å². The predicted molar refractivity (Wildman–Crippen MR) is 84.4 cm³/mol. The summed E-state index contributed by atoms with van der Waals surface area (Å²) in [6.45, 7) is 0. The van der Waals surface area contributed by atoms with Crippen LogP contribution in [0, 0.1) is 0 Å². The Labute approximate surface area is 152 Å². The van der Waals surface area contributed by atoms with E-state index in [9.17, 15) is 26.3 Å². The quantitative estimate of drug-likeness (QED) is 0.440. The molecular weight excluding hydrogens is 390 g/mol. The third-order valence-corrected chi connectivity index (χ3v) is 3.90. The average Bonchev–Trinajstić information content (AvgIpc) is 3.27. The summed E-state index contributed by atoms with van der Waals surface area (Å²) in [6, 6.07) is 4.25. The molecule has 0 atom stereocenters. The number of benzene rings is 1. The number of fused-ring (bicyclic) bond motifs is 1. The van der Waals surface area contributed by atoms with Crippen molar-refractivity contribution in [1.82, 2.24) is 19.5 Å². The standard InChI is InChI=1S/C17H8F6N4O/c18-16(19,20)9-1-2-13-11(5-9)26-15(28-13)10-3-4-24-6-12(10)27-7-14(25-8-27)17(21,22)23/h1-8H. The molecule has 11 heteroatoms. The molecule has 4 aromatic rings. The van der Waals surface area contributed by atoms with Gasteiger partial charge in [-0.25, -0.2) is 9.97 Å².